The smallest absolute Gasteiger partial charge is 0.241 e. The Bertz CT molecular complexity index is 985. The molecule has 0 bridgehead atoms. The fourth-order valence-corrected chi connectivity index (χ4v) is 4.43. The molecule has 1 fully saturated rings. The van der Waals surface area contributed by atoms with Gasteiger partial charge in [0, 0.05) is 31.9 Å². The summed E-state index contributed by atoms with van der Waals surface area (Å²) in [6, 6.07) is 14.1. The molecular formula is C28H39FN4O2. The number of benzene rings is 2. The maximum Gasteiger partial charge on any atom is 0.241 e. The summed E-state index contributed by atoms with van der Waals surface area (Å²) in [4.78, 5) is 29.7. The highest BCUT2D eigenvalue weighted by atomic mass is 19.1. The molecular weight excluding hydrogens is 443 g/mol. The monoisotopic (exact) mass is 482 g/mol. The van der Waals surface area contributed by atoms with E-state index in [1.165, 1.54) is 17.7 Å². The number of carbonyl (C=O) groups is 2. The van der Waals surface area contributed by atoms with Gasteiger partial charge in [0.1, 0.15) is 5.82 Å². The SMILES string of the molecule is CC(C)c1ccc(C(NC(=O)CN2CCN(C(C)C(=O)Nc3cccc(F)c3)CC2)C(C)C)cc1. The Hall–Kier alpha value is -2.77. The van der Waals surface area contributed by atoms with Crippen LogP contribution in [0.2, 0.25) is 0 Å². The molecule has 0 spiro atoms. The number of halogens is 1. The second kappa shape index (κ2) is 12.3. The summed E-state index contributed by atoms with van der Waals surface area (Å²) in [6.45, 7) is 13.6. The molecule has 190 valence electrons. The maximum absolute atomic E-state index is 13.4. The number of nitrogens with one attached hydrogen (secondary N) is 2. The van der Waals surface area contributed by atoms with E-state index in [9.17, 15) is 14.0 Å². The van der Waals surface area contributed by atoms with E-state index in [4.69, 9.17) is 0 Å². The van der Waals surface area contributed by atoms with Crippen LogP contribution in [0.25, 0.3) is 0 Å². The number of amides is 2. The minimum Gasteiger partial charge on any atom is -0.348 e. The van der Waals surface area contributed by atoms with Crippen LogP contribution in [-0.2, 0) is 9.59 Å². The van der Waals surface area contributed by atoms with Crippen LogP contribution in [0.1, 0.15) is 57.7 Å². The van der Waals surface area contributed by atoms with E-state index < -0.39 is 0 Å². The van der Waals surface area contributed by atoms with E-state index in [2.05, 4.69) is 72.4 Å². The molecule has 0 aromatic heterocycles. The van der Waals surface area contributed by atoms with E-state index in [0.717, 1.165) is 5.56 Å². The first-order chi connectivity index (χ1) is 16.6. The van der Waals surface area contributed by atoms with Gasteiger partial charge >= 0.3 is 0 Å². The van der Waals surface area contributed by atoms with Crippen molar-refractivity contribution in [2.45, 2.75) is 52.6 Å². The van der Waals surface area contributed by atoms with Crippen molar-refractivity contribution >= 4 is 17.5 Å². The average molecular weight is 483 g/mol. The van der Waals surface area contributed by atoms with Crippen LogP contribution >= 0.6 is 0 Å². The molecule has 2 atom stereocenters. The van der Waals surface area contributed by atoms with Gasteiger partial charge in [0.2, 0.25) is 11.8 Å². The Kier molecular flexibility index (Phi) is 9.40. The van der Waals surface area contributed by atoms with Crippen molar-refractivity contribution in [3.05, 3.63) is 65.5 Å². The number of hydrogen-bond acceptors (Lipinski definition) is 4. The number of carbonyl (C=O) groups excluding carboxylic acids is 2. The van der Waals surface area contributed by atoms with E-state index in [1.807, 2.05) is 6.92 Å². The molecule has 0 aliphatic carbocycles. The predicted octanol–water partition coefficient (Wildman–Crippen LogP) is 4.41. The van der Waals surface area contributed by atoms with Crippen molar-refractivity contribution in [3.63, 3.8) is 0 Å². The standard InChI is InChI=1S/C28H39FN4O2/c1-19(2)22-9-11-23(12-10-22)27(20(3)4)31-26(34)18-32-13-15-33(16-14-32)21(5)28(35)30-25-8-6-7-24(29)17-25/h6-12,17,19-21,27H,13-16,18H2,1-5H3,(H,30,35)(H,31,34). The lowest BCUT2D eigenvalue weighted by molar-refractivity contribution is -0.125. The molecule has 1 aliphatic heterocycles. The van der Waals surface area contributed by atoms with Gasteiger partial charge in [0.15, 0.2) is 0 Å². The lowest BCUT2D eigenvalue weighted by Gasteiger charge is -2.37. The zero-order valence-electron chi connectivity index (χ0n) is 21.6. The number of rotatable bonds is 9. The zero-order valence-corrected chi connectivity index (χ0v) is 21.6. The highest BCUT2D eigenvalue weighted by Crippen LogP contribution is 2.24. The summed E-state index contributed by atoms with van der Waals surface area (Å²) in [7, 11) is 0. The van der Waals surface area contributed by atoms with Gasteiger partial charge in [-0.1, -0.05) is 58.0 Å². The molecule has 2 N–H and O–H groups in total. The van der Waals surface area contributed by atoms with E-state index >= 15 is 0 Å². The van der Waals surface area contributed by atoms with Crippen molar-refractivity contribution in [2.24, 2.45) is 5.92 Å². The molecule has 1 saturated heterocycles. The number of anilines is 1. The van der Waals surface area contributed by atoms with Gasteiger partial charge in [-0.3, -0.25) is 19.4 Å². The molecule has 1 aliphatic rings. The molecule has 6 nitrogen and oxygen atoms in total. The van der Waals surface area contributed by atoms with Crippen molar-refractivity contribution in [3.8, 4) is 0 Å². The topological polar surface area (TPSA) is 64.7 Å². The van der Waals surface area contributed by atoms with Crippen LogP contribution < -0.4 is 10.6 Å². The van der Waals surface area contributed by atoms with E-state index in [1.54, 1.807) is 12.1 Å². The first-order valence-corrected chi connectivity index (χ1v) is 12.6. The van der Waals surface area contributed by atoms with E-state index in [0.29, 0.717) is 44.3 Å². The van der Waals surface area contributed by atoms with Crippen LogP contribution in [0.15, 0.2) is 48.5 Å². The molecule has 2 unspecified atom stereocenters. The first kappa shape index (κ1) is 26.8. The van der Waals surface area contributed by atoms with Crippen molar-refractivity contribution in [1.29, 1.82) is 0 Å². The van der Waals surface area contributed by atoms with Gasteiger partial charge in [-0.2, -0.15) is 0 Å². The predicted molar refractivity (Wildman–Crippen MR) is 139 cm³/mol. The van der Waals surface area contributed by atoms with Gasteiger partial charge in [0.25, 0.3) is 0 Å². The average Bonchev–Trinajstić information content (AvgIpc) is 2.82. The van der Waals surface area contributed by atoms with Gasteiger partial charge in [-0.25, -0.2) is 4.39 Å². The molecule has 2 aromatic carbocycles. The molecule has 7 heteroatoms. The number of hydrogen-bond donors (Lipinski definition) is 2. The van der Waals surface area contributed by atoms with Gasteiger partial charge in [0.05, 0.1) is 18.6 Å². The highest BCUT2D eigenvalue weighted by molar-refractivity contribution is 5.94. The lowest BCUT2D eigenvalue weighted by Crippen LogP contribution is -2.54. The molecule has 2 aromatic rings. The summed E-state index contributed by atoms with van der Waals surface area (Å²) < 4.78 is 13.4. The molecule has 2 amide bonds. The fraction of sp³-hybridized carbons (Fsp3) is 0.500. The minimum absolute atomic E-state index is 0.0157. The molecule has 0 radical (unpaired) electrons. The third-order valence-corrected chi connectivity index (χ3v) is 6.74. The highest BCUT2D eigenvalue weighted by Gasteiger charge is 2.27. The second-order valence-corrected chi connectivity index (χ2v) is 10.1. The summed E-state index contributed by atoms with van der Waals surface area (Å²) in [5.74, 6) is 0.227. The van der Waals surface area contributed by atoms with Crippen LogP contribution in [0.4, 0.5) is 10.1 Å². The van der Waals surface area contributed by atoms with Gasteiger partial charge < -0.3 is 10.6 Å². The third kappa shape index (κ3) is 7.61. The van der Waals surface area contributed by atoms with Crippen LogP contribution in [0.3, 0.4) is 0 Å². The summed E-state index contributed by atoms with van der Waals surface area (Å²) in [5, 5.41) is 6.01. The van der Waals surface area contributed by atoms with Crippen molar-refractivity contribution in [1.82, 2.24) is 15.1 Å². The summed E-state index contributed by atoms with van der Waals surface area (Å²) in [5.41, 5.74) is 2.87. The second-order valence-electron chi connectivity index (χ2n) is 10.1. The Balaban J connectivity index is 1.48. The quantitative estimate of drug-likeness (QED) is 0.556. The Morgan fingerprint density at radius 1 is 0.914 bits per heavy atom. The lowest BCUT2D eigenvalue weighted by atomic mass is 9.93. The summed E-state index contributed by atoms with van der Waals surface area (Å²) in [6.07, 6.45) is 0. The Morgan fingerprint density at radius 3 is 2.11 bits per heavy atom. The Labute approximate surface area is 208 Å². The Morgan fingerprint density at radius 2 is 1.54 bits per heavy atom. The zero-order chi connectivity index (χ0) is 25.5. The molecule has 3 rings (SSSR count). The third-order valence-electron chi connectivity index (χ3n) is 6.74. The largest absolute Gasteiger partial charge is 0.348 e. The van der Waals surface area contributed by atoms with Crippen LogP contribution in [0.5, 0.6) is 0 Å². The first-order valence-electron chi connectivity index (χ1n) is 12.6. The fourth-order valence-electron chi connectivity index (χ4n) is 4.43. The number of nitrogens with zero attached hydrogens (tertiary/aromatic N) is 2. The molecule has 0 saturated carbocycles. The van der Waals surface area contributed by atoms with Crippen molar-refractivity contribution < 1.29 is 14.0 Å². The maximum atomic E-state index is 13.4. The van der Waals surface area contributed by atoms with E-state index in [-0.39, 0.29) is 35.6 Å². The van der Waals surface area contributed by atoms with Gasteiger partial charge in [-0.15, -0.1) is 0 Å². The van der Waals surface area contributed by atoms with Crippen LogP contribution in [-0.4, -0.2) is 60.4 Å². The molecule has 35 heavy (non-hydrogen) atoms. The normalized spacial score (nSPS) is 16.8. The summed E-state index contributed by atoms with van der Waals surface area (Å²) >= 11 is 0. The van der Waals surface area contributed by atoms with Gasteiger partial charge in [-0.05, 0) is 48.1 Å². The van der Waals surface area contributed by atoms with Crippen molar-refractivity contribution in [2.75, 3.05) is 38.0 Å². The molecule has 1 heterocycles. The minimum atomic E-state index is -0.380. The van der Waals surface area contributed by atoms with Crippen LogP contribution in [0, 0.1) is 11.7 Å². The number of piperazine rings is 1.